The average Bonchev–Trinajstić information content (AvgIpc) is 3.33. The lowest BCUT2D eigenvalue weighted by Crippen LogP contribution is -2.34. The minimum Gasteiger partial charge on any atom is -0.337 e. The van der Waals surface area contributed by atoms with Gasteiger partial charge in [-0.1, -0.05) is 6.07 Å². The lowest BCUT2D eigenvalue weighted by Gasteiger charge is -2.20. The van der Waals surface area contributed by atoms with Crippen LogP contribution in [-0.4, -0.2) is 42.9 Å². The van der Waals surface area contributed by atoms with Gasteiger partial charge in [0.15, 0.2) is 0 Å². The fourth-order valence-electron chi connectivity index (χ4n) is 2.55. The molecule has 0 atom stereocenters. The monoisotopic (exact) mass is 323 g/mol. The Hall–Kier alpha value is -1.59. The lowest BCUT2D eigenvalue weighted by molar-refractivity contribution is -0.117. The quantitative estimate of drug-likeness (QED) is 0.893. The summed E-state index contributed by atoms with van der Waals surface area (Å²) in [4.78, 5) is 26.2. The Morgan fingerprint density at radius 2 is 2.00 bits per heavy atom. The molecule has 1 heterocycles. The van der Waals surface area contributed by atoms with E-state index in [9.17, 15) is 9.59 Å². The van der Waals surface area contributed by atoms with Gasteiger partial charge in [-0.15, -0.1) is 12.4 Å². The van der Waals surface area contributed by atoms with Crippen LogP contribution in [-0.2, 0) is 4.79 Å². The van der Waals surface area contributed by atoms with Gasteiger partial charge in [-0.25, -0.2) is 0 Å². The van der Waals surface area contributed by atoms with E-state index in [-0.39, 0.29) is 30.1 Å². The first kappa shape index (κ1) is 16.8. The molecule has 0 radical (unpaired) electrons. The molecule has 1 aromatic carbocycles. The van der Waals surface area contributed by atoms with Gasteiger partial charge in [-0.2, -0.15) is 0 Å². The third-order valence-electron chi connectivity index (χ3n) is 3.95. The van der Waals surface area contributed by atoms with Crippen molar-refractivity contribution in [2.24, 2.45) is 5.92 Å². The number of nitrogens with zero attached hydrogens (tertiary/aromatic N) is 1. The number of amides is 2. The minimum atomic E-state index is 0. The number of hydrogen-bond acceptors (Lipinski definition) is 3. The van der Waals surface area contributed by atoms with Crippen molar-refractivity contribution in [1.82, 2.24) is 10.2 Å². The number of carbonyl (C=O) groups is 2. The molecule has 1 saturated carbocycles. The van der Waals surface area contributed by atoms with Gasteiger partial charge in [0.2, 0.25) is 5.91 Å². The van der Waals surface area contributed by atoms with E-state index in [0.717, 1.165) is 45.4 Å². The van der Waals surface area contributed by atoms with Gasteiger partial charge in [0.05, 0.1) is 0 Å². The molecule has 2 N–H and O–H groups in total. The fourth-order valence-corrected chi connectivity index (χ4v) is 2.55. The first-order chi connectivity index (χ1) is 10.2. The maximum absolute atomic E-state index is 12.5. The number of rotatable bonds is 3. The topological polar surface area (TPSA) is 61.4 Å². The smallest absolute Gasteiger partial charge is 0.253 e. The number of benzene rings is 1. The predicted octanol–water partition coefficient (Wildman–Crippen LogP) is 1.89. The Morgan fingerprint density at radius 3 is 2.77 bits per heavy atom. The van der Waals surface area contributed by atoms with Gasteiger partial charge in [0.1, 0.15) is 0 Å². The molecule has 6 heteroatoms. The highest BCUT2D eigenvalue weighted by molar-refractivity contribution is 5.98. The maximum atomic E-state index is 12.5. The SMILES string of the molecule is Cl.O=C(Nc1cccc(C(=O)N2CCCNCC2)c1)C1CC1. The van der Waals surface area contributed by atoms with Crippen LogP contribution in [0.2, 0.25) is 0 Å². The molecular formula is C16H22ClN3O2. The van der Waals surface area contributed by atoms with Crippen LogP contribution < -0.4 is 10.6 Å². The molecule has 2 aliphatic rings. The Morgan fingerprint density at radius 1 is 1.18 bits per heavy atom. The summed E-state index contributed by atoms with van der Waals surface area (Å²) < 4.78 is 0. The van der Waals surface area contributed by atoms with E-state index in [4.69, 9.17) is 0 Å². The molecule has 5 nitrogen and oxygen atoms in total. The molecule has 1 aliphatic carbocycles. The molecule has 2 amide bonds. The zero-order valence-corrected chi connectivity index (χ0v) is 13.3. The first-order valence-electron chi connectivity index (χ1n) is 7.65. The van der Waals surface area contributed by atoms with Crippen molar-refractivity contribution in [3.63, 3.8) is 0 Å². The number of halogens is 1. The zero-order chi connectivity index (χ0) is 14.7. The second-order valence-electron chi connectivity index (χ2n) is 5.74. The summed E-state index contributed by atoms with van der Waals surface area (Å²) in [6, 6.07) is 7.25. The van der Waals surface area contributed by atoms with Gasteiger partial charge >= 0.3 is 0 Å². The van der Waals surface area contributed by atoms with Crippen LogP contribution in [0.5, 0.6) is 0 Å². The third kappa shape index (κ3) is 4.21. The van der Waals surface area contributed by atoms with E-state index in [2.05, 4.69) is 10.6 Å². The Bertz CT molecular complexity index is 538. The van der Waals surface area contributed by atoms with Crippen LogP contribution in [0.4, 0.5) is 5.69 Å². The van der Waals surface area contributed by atoms with Crippen molar-refractivity contribution in [2.45, 2.75) is 19.3 Å². The standard InChI is InChI=1S/C16H21N3O2.ClH/c20-15(12-5-6-12)18-14-4-1-3-13(11-14)16(21)19-9-2-7-17-8-10-19;/h1,3-4,11-12,17H,2,5-10H2,(H,18,20);1H. The molecular weight excluding hydrogens is 302 g/mol. The van der Waals surface area contributed by atoms with Crippen molar-refractivity contribution in [3.05, 3.63) is 29.8 Å². The summed E-state index contributed by atoms with van der Waals surface area (Å²) in [7, 11) is 0. The highest BCUT2D eigenvalue weighted by Crippen LogP contribution is 2.30. The van der Waals surface area contributed by atoms with Crippen LogP contribution in [0, 0.1) is 5.92 Å². The van der Waals surface area contributed by atoms with E-state index in [1.807, 2.05) is 23.1 Å². The molecule has 2 fully saturated rings. The molecule has 1 saturated heterocycles. The second-order valence-corrected chi connectivity index (χ2v) is 5.74. The normalized spacial score (nSPS) is 18.1. The minimum absolute atomic E-state index is 0. The zero-order valence-electron chi connectivity index (χ0n) is 12.5. The van der Waals surface area contributed by atoms with Gasteiger partial charge in [-0.3, -0.25) is 9.59 Å². The molecule has 0 unspecified atom stereocenters. The second kappa shape index (κ2) is 7.61. The third-order valence-corrected chi connectivity index (χ3v) is 3.95. The van der Waals surface area contributed by atoms with Crippen molar-refractivity contribution in [1.29, 1.82) is 0 Å². The molecule has 0 spiro atoms. The molecule has 0 bridgehead atoms. The van der Waals surface area contributed by atoms with Crippen molar-refractivity contribution in [3.8, 4) is 0 Å². The first-order valence-corrected chi connectivity index (χ1v) is 7.65. The molecule has 22 heavy (non-hydrogen) atoms. The van der Waals surface area contributed by atoms with E-state index in [1.165, 1.54) is 0 Å². The maximum Gasteiger partial charge on any atom is 0.253 e. The van der Waals surface area contributed by atoms with E-state index in [1.54, 1.807) is 6.07 Å². The molecule has 1 aromatic rings. The van der Waals surface area contributed by atoms with Gasteiger partial charge in [0.25, 0.3) is 5.91 Å². The van der Waals surface area contributed by atoms with E-state index in [0.29, 0.717) is 11.3 Å². The molecule has 120 valence electrons. The van der Waals surface area contributed by atoms with Crippen LogP contribution >= 0.6 is 12.4 Å². The van der Waals surface area contributed by atoms with Gasteiger partial charge < -0.3 is 15.5 Å². The fraction of sp³-hybridized carbons (Fsp3) is 0.500. The summed E-state index contributed by atoms with van der Waals surface area (Å²) in [5.74, 6) is 0.279. The van der Waals surface area contributed by atoms with Crippen LogP contribution in [0.1, 0.15) is 29.6 Å². The number of carbonyl (C=O) groups excluding carboxylic acids is 2. The largest absolute Gasteiger partial charge is 0.337 e. The predicted molar refractivity (Wildman–Crippen MR) is 88.4 cm³/mol. The van der Waals surface area contributed by atoms with Crippen LogP contribution in [0.15, 0.2) is 24.3 Å². The summed E-state index contributed by atoms with van der Waals surface area (Å²) in [5.41, 5.74) is 1.36. The van der Waals surface area contributed by atoms with Gasteiger partial charge in [0, 0.05) is 36.8 Å². The Kier molecular flexibility index (Phi) is 5.80. The van der Waals surface area contributed by atoms with Crippen molar-refractivity contribution in [2.75, 3.05) is 31.5 Å². The Labute approximate surface area is 136 Å². The van der Waals surface area contributed by atoms with E-state index >= 15 is 0 Å². The number of anilines is 1. The molecule has 3 rings (SSSR count). The van der Waals surface area contributed by atoms with Crippen molar-refractivity contribution >= 4 is 29.9 Å². The van der Waals surface area contributed by atoms with Gasteiger partial charge in [-0.05, 0) is 44.0 Å². The summed E-state index contributed by atoms with van der Waals surface area (Å²) >= 11 is 0. The van der Waals surface area contributed by atoms with Crippen molar-refractivity contribution < 1.29 is 9.59 Å². The average molecular weight is 324 g/mol. The summed E-state index contributed by atoms with van der Waals surface area (Å²) in [6.07, 6.45) is 2.93. The highest BCUT2D eigenvalue weighted by atomic mass is 35.5. The molecule has 1 aliphatic heterocycles. The summed E-state index contributed by atoms with van der Waals surface area (Å²) in [6.45, 7) is 3.31. The summed E-state index contributed by atoms with van der Waals surface area (Å²) in [5, 5.41) is 6.18. The van der Waals surface area contributed by atoms with Crippen LogP contribution in [0.25, 0.3) is 0 Å². The Balaban J connectivity index is 0.00000176. The number of hydrogen-bond donors (Lipinski definition) is 2. The number of nitrogens with one attached hydrogen (secondary N) is 2. The van der Waals surface area contributed by atoms with E-state index < -0.39 is 0 Å². The molecule has 0 aromatic heterocycles. The lowest BCUT2D eigenvalue weighted by atomic mass is 10.1. The van der Waals surface area contributed by atoms with Crippen LogP contribution in [0.3, 0.4) is 0 Å². The highest BCUT2D eigenvalue weighted by Gasteiger charge is 2.29.